The number of aryl methyl sites for hydroxylation is 2. The van der Waals surface area contributed by atoms with Crippen LogP contribution in [0.25, 0.3) is 0 Å². The number of aromatic nitrogens is 1. The third-order valence-corrected chi connectivity index (χ3v) is 5.01. The van der Waals surface area contributed by atoms with Crippen molar-refractivity contribution in [3.05, 3.63) is 23.0 Å². The second-order valence-corrected chi connectivity index (χ2v) is 7.21. The molecule has 0 aliphatic carbocycles. The van der Waals surface area contributed by atoms with Gasteiger partial charge < -0.3 is 10.3 Å². The van der Waals surface area contributed by atoms with Crippen molar-refractivity contribution in [1.29, 1.82) is 0 Å². The van der Waals surface area contributed by atoms with Crippen molar-refractivity contribution in [2.75, 3.05) is 25.9 Å². The van der Waals surface area contributed by atoms with Gasteiger partial charge in [-0.2, -0.15) is 0 Å². The standard InChI is InChI=1S/C13H23N3O3S/c1-5-20(18,19)16(4)8-6-7-14-13(17)12-10(2)9-11(3)15-12/h9,15H,5-8H2,1-4H3,(H,14,17). The molecule has 0 aromatic carbocycles. The highest BCUT2D eigenvalue weighted by molar-refractivity contribution is 7.89. The van der Waals surface area contributed by atoms with Gasteiger partial charge in [0, 0.05) is 25.8 Å². The van der Waals surface area contributed by atoms with Crippen LogP contribution in [0.15, 0.2) is 6.07 Å². The van der Waals surface area contributed by atoms with Gasteiger partial charge in [0.1, 0.15) is 5.69 Å². The van der Waals surface area contributed by atoms with E-state index in [4.69, 9.17) is 0 Å². The Hall–Kier alpha value is -1.34. The van der Waals surface area contributed by atoms with Crippen LogP contribution in [0.3, 0.4) is 0 Å². The molecule has 1 amide bonds. The molecule has 7 heteroatoms. The topological polar surface area (TPSA) is 82.3 Å². The lowest BCUT2D eigenvalue weighted by molar-refractivity contribution is 0.0947. The first-order valence-corrected chi connectivity index (χ1v) is 8.27. The molecule has 0 spiro atoms. The molecule has 6 nitrogen and oxygen atoms in total. The zero-order chi connectivity index (χ0) is 15.3. The monoisotopic (exact) mass is 301 g/mol. The van der Waals surface area contributed by atoms with Gasteiger partial charge in [-0.3, -0.25) is 4.79 Å². The zero-order valence-electron chi connectivity index (χ0n) is 12.5. The summed E-state index contributed by atoms with van der Waals surface area (Å²) in [6.07, 6.45) is 0.584. The minimum atomic E-state index is -3.14. The molecule has 0 radical (unpaired) electrons. The summed E-state index contributed by atoms with van der Waals surface area (Å²) < 4.78 is 24.4. The van der Waals surface area contributed by atoms with Gasteiger partial charge in [0.25, 0.3) is 5.91 Å². The van der Waals surface area contributed by atoms with E-state index in [2.05, 4.69) is 10.3 Å². The highest BCUT2D eigenvalue weighted by Crippen LogP contribution is 2.08. The van der Waals surface area contributed by atoms with Gasteiger partial charge in [-0.05, 0) is 38.8 Å². The van der Waals surface area contributed by atoms with E-state index in [1.165, 1.54) is 4.31 Å². The molecule has 1 heterocycles. The van der Waals surface area contributed by atoms with Gasteiger partial charge >= 0.3 is 0 Å². The number of aromatic amines is 1. The summed E-state index contributed by atoms with van der Waals surface area (Å²) in [7, 11) is -1.59. The van der Waals surface area contributed by atoms with Crippen LogP contribution in [0.2, 0.25) is 0 Å². The van der Waals surface area contributed by atoms with Crippen molar-refractivity contribution in [3.63, 3.8) is 0 Å². The summed E-state index contributed by atoms with van der Waals surface area (Å²) in [6, 6.07) is 1.91. The third kappa shape index (κ3) is 4.35. The van der Waals surface area contributed by atoms with E-state index in [-0.39, 0.29) is 11.7 Å². The van der Waals surface area contributed by atoms with Crippen LogP contribution in [0.5, 0.6) is 0 Å². The fourth-order valence-electron chi connectivity index (χ4n) is 1.92. The van der Waals surface area contributed by atoms with Crippen molar-refractivity contribution >= 4 is 15.9 Å². The van der Waals surface area contributed by atoms with E-state index >= 15 is 0 Å². The number of nitrogens with one attached hydrogen (secondary N) is 2. The van der Waals surface area contributed by atoms with Gasteiger partial charge in [-0.1, -0.05) is 0 Å². The maximum Gasteiger partial charge on any atom is 0.267 e. The summed E-state index contributed by atoms with van der Waals surface area (Å²) in [6.45, 7) is 6.23. The lowest BCUT2D eigenvalue weighted by Gasteiger charge is -2.15. The number of sulfonamides is 1. The molecule has 0 saturated carbocycles. The Bertz CT molecular complexity index is 563. The molecule has 0 atom stereocenters. The molecule has 1 rings (SSSR count). The quantitative estimate of drug-likeness (QED) is 0.738. The number of amides is 1. The molecule has 0 bridgehead atoms. The molecule has 0 fully saturated rings. The minimum absolute atomic E-state index is 0.0941. The molecule has 0 aliphatic rings. The number of H-pyrrole nitrogens is 1. The first kappa shape index (κ1) is 16.7. The van der Waals surface area contributed by atoms with E-state index in [0.29, 0.717) is 25.2 Å². The van der Waals surface area contributed by atoms with Crippen molar-refractivity contribution in [2.45, 2.75) is 27.2 Å². The van der Waals surface area contributed by atoms with Crippen molar-refractivity contribution in [2.24, 2.45) is 0 Å². The molecule has 114 valence electrons. The lowest BCUT2D eigenvalue weighted by atomic mass is 10.2. The second kappa shape index (κ2) is 6.90. The Morgan fingerprint density at radius 3 is 2.55 bits per heavy atom. The predicted octanol–water partition coefficient (Wildman–Crippen LogP) is 1.03. The van der Waals surface area contributed by atoms with Gasteiger partial charge in [0.2, 0.25) is 10.0 Å². The fraction of sp³-hybridized carbons (Fsp3) is 0.615. The average Bonchev–Trinajstić information content (AvgIpc) is 2.73. The number of carbonyl (C=O) groups excluding carboxylic acids is 1. The molecule has 0 unspecified atom stereocenters. The highest BCUT2D eigenvalue weighted by atomic mass is 32.2. The Kier molecular flexibility index (Phi) is 5.76. The Morgan fingerprint density at radius 1 is 1.40 bits per heavy atom. The van der Waals surface area contributed by atoms with Crippen LogP contribution in [0.1, 0.15) is 35.1 Å². The molecule has 0 saturated heterocycles. The summed E-state index contributed by atoms with van der Waals surface area (Å²) in [5.41, 5.74) is 2.42. The van der Waals surface area contributed by atoms with Gasteiger partial charge in [-0.15, -0.1) is 0 Å². The highest BCUT2D eigenvalue weighted by Gasteiger charge is 2.15. The van der Waals surface area contributed by atoms with Crippen molar-refractivity contribution in [1.82, 2.24) is 14.6 Å². The van der Waals surface area contributed by atoms with E-state index in [9.17, 15) is 13.2 Å². The number of carbonyl (C=O) groups is 1. The van der Waals surface area contributed by atoms with Crippen LogP contribution in [0.4, 0.5) is 0 Å². The van der Waals surface area contributed by atoms with Crippen LogP contribution >= 0.6 is 0 Å². The third-order valence-electron chi connectivity index (χ3n) is 3.15. The zero-order valence-corrected chi connectivity index (χ0v) is 13.3. The molecular weight excluding hydrogens is 278 g/mol. The smallest absolute Gasteiger partial charge is 0.267 e. The van der Waals surface area contributed by atoms with Crippen LogP contribution in [-0.2, 0) is 10.0 Å². The molecule has 1 aromatic rings. The summed E-state index contributed by atoms with van der Waals surface area (Å²) in [4.78, 5) is 14.9. The number of nitrogens with zero attached hydrogens (tertiary/aromatic N) is 1. The van der Waals surface area contributed by atoms with E-state index in [0.717, 1.165) is 11.3 Å². The van der Waals surface area contributed by atoms with Crippen LogP contribution < -0.4 is 5.32 Å². The Labute approximate surface area is 120 Å². The summed E-state index contributed by atoms with van der Waals surface area (Å²) in [5.74, 6) is -0.0619. The SMILES string of the molecule is CCS(=O)(=O)N(C)CCCNC(=O)c1[nH]c(C)cc1C. The maximum atomic E-state index is 11.9. The van der Waals surface area contributed by atoms with Gasteiger partial charge in [0.15, 0.2) is 0 Å². The first-order chi connectivity index (χ1) is 9.27. The van der Waals surface area contributed by atoms with Crippen LogP contribution in [0, 0.1) is 13.8 Å². The Morgan fingerprint density at radius 2 is 2.05 bits per heavy atom. The van der Waals surface area contributed by atoms with Gasteiger partial charge in [0.05, 0.1) is 5.75 Å². The van der Waals surface area contributed by atoms with Crippen LogP contribution in [-0.4, -0.2) is 49.5 Å². The fourth-order valence-corrected chi connectivity index (χ4v) is 2.76. The summed E-state index contributed by atoms with van der Waals surface area (Å²) >= 11 is 0. The maximum absolute atomic E-state index is 11.9. The molecule has 0 aliphatic heterocycles. The second-order valence-electron chi connectivity index (χ2n) is 4.84. The van der Waals surface area contributed by atoms with Crippen molar-refractivity contribution < 1.29 is 13.2 Å². The lowest BCUT2D eigenvalue weighted by Crippen LogP contribution is -2.32. The number of rotatable bonds is 7. The number of hydrogen-bond acceptors (Lipinski definition) is 3. The average molecular weight is 301 g/mol. The largest absolute Gasteiger partial charge is 0.354 e. The minimum Gasteiger partial charge on any atom is -0.354 e. The van der Waals surface area contributed by atoms with E-state index in [1.807, 2.05) is 19.9 Å². The molecule has 1 aromatic heterocycles. The van der Waals surface area contributed by atoms with Gasteiger partial charge in [-0.25, -0.2) is 12.7 Å². The predicted molar refractivity (Wildman–Crippen MR) is 79.3 cm³/mol. The summed E-state index contributed by atoms with van der Waals surface area (Å²) in [5, 5.41) is 2.79. The normalized spacial score (nSPS) is 11.8. The molecule has 20 heavy (non-hydrogen) atoms. The first-order valence-electron chi connectivity index (χ1n) is 6.66. The number of hydrogen-bond donors (Lipinski definition) is 2. The van der Waals surface area contributed by atoms with Crippen molar-refractivity contribution in [3.8, 4) is 0 Å². The molecule has 2 N–H and O–H groups in total. The van der Waals surface area contributed by atoms with E-state index in [1.54, 1.807) is 14.0 Å². The molecular formula is C13H23N3O3S. The Balaban J connectivity index is 2.39. The van der Waals surface area contributed by atoms with E-state index < -0.39 is 10.0 Å².